The number of nitrogens with two attached hydrogens (primary N) is 1. The number of hydrogen-bond donors (Lipinski definition) is 2. The zero-order valence-electron chi connectivity index (χ0n) is 17.6. The number of nitrogens with zero attached hydrogens (tertiary/aromatic N) is 2. The van der Waals surface area contributed by atoms with Crippen molar-refractivity contribution in [2.45, 2.75) is 26.2 Å². The molecule has 164 valence electrons. The lowest BCUT2D eigenvalue weighted by Gasteiger charge is -2.21. The molecule has 8 heteroatoms. The Morgan fingerprint density at radius 2 is 2.00 bits per heavy atom. The minimum Gasteiger partial charge on any atom is -0.458 e. The highest BCUT2D eigenvalue weighted by molar-refractivity contribution is 6.00. The van der Waals surface area contributed by atoms with Crippen molar-refractivity contribution in [3.8, 4) is 22.5 Å². The molecule has 2 aliphatic heterocycles. The van der Waals surface area contributed by atoms with Gasteiger partial charge in [0.25, 0.3) is 5.56 Å². The number of benzene rings is 2. The predicted octanol–water partition coefficient (Wildman–Crippen LogP) is 3.21. The number of carbonyl (C=O) groups excluding carboxylic acids is 1. The molecule has 0 saturated carbocycles. The van der Waals surface area contributed by atoms with E-state index in [0.29, 0.717) is 28.2 Å². The zero-order chi connectivity index (χ0) is 23.0. The van der Waals surface area contributed by atoms with E-state index in [2.05, 4.69) is 0 Å². The number of pyridine rings is 2. The number of hydrogen-bond acceptors (Lipinski definition) is 6. The maximum Gasteiger partial charge on any atom is 0.340 e. The molecule has 0 radical (unpaired) electrons. The molecule has 33 heavy (non-hydrogen) atoms. The molecule has 0 saturated heterocycles. The van der Waals surface area contributed by atoms with Crippen LogP contribution in [-0.4, -0.2) is 20.6 Å². The normalized spacial score (nSPS) is 16.3. The third-order valence-corrected chi connectivity index (χ3v) is 6.41. The maximum atomic E-state index is 14.5. The summed E-state index contributed by atoms with van der Waals surface area (Å²) >= 11 is 0. The smallest absolute Gasteiger partial charge is 0.340 e. The first-order valence-corrected chi connectivity index (χ1v) is 10.4. The Hall–Kier alpha value is -4.04. The molecule has 7 nitrogen and oxygen atoms in total. The van der Waals surface area contributed by atoms with Gasteiger partial charge < -0.3 is 20.1 Å². The van der Waals surface area contributed by atoms with Crippen LogP contribution in [0, 0.1) is 12.7 Å². The molecule has 4 heterocycles. The molecule has 0 fully saturated rings. The second kappa shape index (κ2) is 6.73. The fraction of sp³-hybridized carbons (Fsp3) is 0.160. The van der Waals surface area contributed by atoms with Crippen LogP contribution in [0.4, 0.5) is 10.1 Å². The average Bonchev–Trinajstić information content (AvgIpc) is 3.14. The Balaban J connectivity index is 1.71. The number of halogens is 1. The van der Waals surface area contributed by atoms with Crippen molar-refractivity contribution in [3.05, 3.63) is 80.9 Å². The highest BCUT2D eigenvalue weighted by Crippen LogP contribution is 2.42. The molecule has 0 unspecified atom stereocenters. The number of anilines is 1. The summed E-state index contributed by atoms with van der Waals surface area (Å²) in [7, 11) is 0. The number of ether oxygens (including phenoxy) is 1. The highest BCUT2D eigenvalue weighted by Gasteiger charge is 2.35. The van der Waals surface area contributed by atoms with Gasteiger partial charge in [-0.25, -0.2) is 14.2 Å². The Morgan fingerprint density at radius 1 is 1.18 bits per heavy atom. The van der Waals surface area contributed by atoms with E-state index in [9.17, 15) is 19.1 Å². The van der Waals surface area contributed by atoms with Crippen molar-refractivity contribution in [2.24, 2.45) is 0 Å². The molecule has 0 bridgehead atoms. The average molecular weight is 443 g/mol. The second-order valence-electron chi connectivity index (χ2n) is 8.42. The lowest BCUT2D eigenvalue weighted by atomic mass is 9.93. The van der Waals surface area contributed by atoms with Crippen LogP contribution in [0.1, 0.15) is 28.4 Å². The third-order valence-electron chi connectivity index (χ3n) is 6.41. The van der Waals surface area contributed by atoms with E-state index < -0.39 is 12.1 Å². The van der Waals surface area contributed by atoms with Gasteiger partial charge in [0.15, 0.2) is 6.10 Å². The number of rotatable bonds is 1. The number of aromatic nitrogens is 2. The summed E-state index contributed by atoms with van der Waals surface area (Å²) < 4.78 is 21.0. The van der Waals surface area contributed by atoms with Gasteiger partial charge in [-0.1, -0.05) is 12.1 Å². The molecule has 2 aromatic heterocycles. The fourth-order valence-corrected chi connectivity index (χ4v) is 4.78. The monoisotopic (exact) mass is 443 g/mol. The minimum atomic E-state index is -1.54. The molecule has 6 rings (SSSR count). The number of aliphatic hydroxyl groups is 1. The van der Waals surface area contributed by atoms with Crippen molar-refractivity contribution in [2.75, 3.05) is 5.73 Å². The molecular weight excluding hydrogens is 425 g/mol. The van der Waals surface area contributed by atoms with Gasteiger partial charge in [0.1, 0.15) is 12.4 Å². The van der Waals surface area contributed by atoms with Crippen molar-refractivity contribution in [1.82, 2.24) is 9.55 Å². The number of nitrogen functional groups attached to an aromatic ring is 1. The molecule has 2 aromatic carbocycles. The van der Waals surface area contributed by atoms with E-state index in [4.69, 9.17) is 15.5 Å². The summed E-state index contributed by atoms with van der Waals surface area (Å²) in [6, 6.07) is 12.1. The predicted molar refractivity (Wildman–Crippen MR) is 120 cm³/mol. The van der Waals surface area contributed by atoms with Crippen molar-refractivity contribution in [1.29, 1.82) is 0 Å². The molecule has 0 spiro atoms. The van der Waals surface area contributed by atoms with Gasteiger partial charge in [-0.3, -0.25) is 4.79 Å². The minimum absolute atomic E-state index is 0.192. The van der Waals surface area contributed by atoms with E-state index in [1.54, 1.807) is 29.7 Å². The number of esters is 1. The Bertz CT molecular complexity index is 1590. The van der Waals surface area contributed by atoms with Gasteiger partial charge in [-0.15, -0.1) is 0 Å². The van der Waals surface area contributed by atoms with Crippen LogP contribution in [0.3, 0.4) is 0 Å². The van der Waals surface area contributed by atoms with Gasteiger partial charge in [-0.05, 0) is 47.9 Å². The third kappa shape index (κ3) is 2.74. The molecule has 4 aromatic rings. The molecule has 2 aliphatic rings. The molecule has 1 atom stereocenters. The van der Waals surface area contributed by atoms with Crippen LogP contribution < -0.4 is 11.3 Å². The lowest BCUT2D eigenvalue weighted by molar-refractivity contribution is -0.157. The van der Waals surface area contributed by atoms with Gasteiger partial charge >= 0.3 is 5.97 Å². The highest BCUT2D eigenvalue weighted by atomic mass is 19.1. The van der Waals surface area contributed by atoms with Crippen LogP contribution in [-0.2, 0) is 22.7 Å². The van der Waals surface area contributed by atoms with E-state index in [1.165, 1.54) is 6.07 Å². The van der Waals surface area contributed by atoms with Gasteiger partial charge in [0.05, 0.1) is 29.0 Å². The van der Waals surface area contributed by atoms with Crippen LogP contribution in [0.25, 0.3) is 33.4 Å². The molecule has 0 aliphatic carbocycles. The van der Waals surface area contributed by atoms with E-state index in [1.807, 2.05) is 18.2 Å². The first-order chi connectivity index (χ1) is 15.8. The van der Waals surface area contributed by atoms with Crippen LogP contribution in [0.2, 0.25) is 0 Å². The Kier molecular flexibility index (Phi) is 4.00. The maximum absolute atomic E-state index is 14.5. The number of aryl methyl sites for hydroxylation is 1. The summed E-state index contributed by atoms with van der Waals surface area (Å²) in [6.07, 6.45) is -1.54. The van der Waals surface area contributed by atoms with E-state index >= 15 is 0 Å². The fourth-order valence-electron chi connectivity index (χ4n) is 4.78. The number of carbonyl (C=O) groups is 1. The van der Waals surface area contributed by atoms with Crippen LogP contribution in [0.15, 0.2) is 47.3 Å². The second-order valence-corrected chi connectivity index (χ2v) is 8.42. The number of fused-ring (bicyclic) bond motifs is 5. The van der Waals surface area contributed by atoms with E-state index in [-0.39, 0.29) is 35.7 Å². The topological polar surface area (TPSA) is 107 Å². The van der Waals surface area contributed by atoms with Gasteiger partial charge in [0.2, 0.25) is 0 Å². The summed E-state index contributed by atoms with van der Waals surface area (Å²) in [4.78, 5) is 29.9. The van der Waals surface area contributed by atoms with Crippen molar-refractivity contribution < 1.29 is 19.0 Å². The standard InChI is InChI=1S/C25H18FN3O4/c1-11-5-15-19(8-18(11)26)28-22-16(21(15)12-3-2-4-13(27)6-12)9-29-20(22)7-14-17(24(29)31)10-33-25(32)23(14)30/h2-8,23,30H,9-10,27H2,1H3/t23-/m0/s1. The quantitative estimate of drug-likeness (QED) is 0.304. The van der Waals surface area contributed by atoms with Crippen LogP contribution >= 0.6 is 0 Å². The largest absolute Gasteiger partial charge is 0.458 e. The van der Waals surface area contributed by atoms with E-state index in [0.717, 1.165) is 22.1 Å². The molecular formula is C25H18FN3O4. The summed E-state index contributed by atoms with van der Waals surface area (Å²) in [6.45, 7) is 1.74. The van der Waals surface area contributed by atoms with Gasteiger partial charge in [0, 0.05) is 28.3 Å². The Morgan fingerprint density at radius 3 is 2.79 bits per heavy atom. The summed E-state index contributed by atoms with van der Waals surface area (Å²) in [5.41, 5.74) is 11.1. The number of cyclic esters (lactones) is 1. The molecule has 0 amide bonds. The van der Waals surface area contributed by atoms with Crippen LogP contribution in [0.5, 0.6) is 0 Å². The first-order valence-electron chi connectivity index (χ1n) is 10.4. The summed E-state index contributed by atoms with van der Waals surface area (Å²) in [5, 5.41) is 11.1. The lowest BCUT2D eigenvalue weighted by Crippen LogP contribution is -2.32. The zero-order valence-corrected chi connectivity index (χ0v) is 17.6. The van der Waals surface area contributed by atoms with Gasteiger partial charge in [-0.2, -0.15) is 0 Å². The SMILES string of the molecule is Cc1cc2c(-c3cccc(N)c3)c3c(nc2cc1F)-c1cc2c(c(=O)n1C3)COC(=O)[C@H]2O. The first kappa shape index (κ1) is 19.6. The number of aliphatic hydroxyl groups excluding tert-OH is 1. The molecule has 3 N–H and O–H groups in total. The Labute approximate surface area is 186 Å². The van der Waals surface area contributed by atoms with Crippen molar-refractivity contribution in [3.63, 3.8) is 0 Å². The summed E-state index contributed by atoms with van der Waals surface area (Å²) in [5.74, 6) is -1.18. The van der Waals surface area contributed by atoms with Crippen molar-refractivity contribution >= 4 is 22.6 Å².